The van der Waals surface area contributed by atoms with Crippen molar-refractivity contribution in [1.82, 2.24) is 4.90 Å². The van der Waals surface area contributed by atoms with Crippen molar-refractivity contribution >= 4 is 17.6 Å². The summed E-state index contributed by atoms with van der Waals surface area (Å²) in [5.74, 6) is 0.522. The van der Waals surface area contributed by atoms with E-state index < -0.39 is 0 Å². The summed E-state index contributed by atoms with van der Waals surface area (Å²) in [6, 6.07) is 0. The van der Waals surface area contributed by atoms with Gasteiger partial charge in [0, 0.05) is 25.4 Å². The quantitative estimate of drug-likeness (QED) is 0.525. The SMILES string of the molecule is CCC(=O)OC[C@@H]1CN(CCCCl)CCO1. The van der Waals surface area contributed by atoms with Crippen molar-refractivity contribution in [3.05, 3.63) is 0 Å². The van der Waals surface area contributed by atoms with E-state index in [0.29, 0.717) is 25.5 Å². The van der Waals surface area contributed by atoms with Crippen molar-refractivity contribution in [2.24, 2.45) is 0 Å². The minimum absolute atomic E-state index is 0.0135. The maximum absolute atomic E-state index is 11.0. The van der Waals surface area contributed by atoms with E-state index in [1.54, 1.807) is 6.92 Å². The molecular weight excluding hydrogens is 230 g/mol. The topological polar surface area (TPSA) is 38.8 Å². The molecule has 0 bridgehead atoms. The number of alkyl halides is 1. The lowest BCUT2D eigenvalue weighted by molar-refractivity contribution is -0.150. The van der Waals surface area contributed by atoms with E-state index in [1.165, 1.54) is 0 Å². The maximum Gasteiger partial charge on any atom is 0.305 e. The van der Waals surface area contributed by atoms with Crippen molar-refractivity contribution in [2.75, 3.05) is 38.7 Å². The minimum Gasteiger partial charge on any atom is -0.463 e. The predicted octanol–water partition coefficient (Wildman–Crippen LogP) is 1.27. The number of halogens is 1. The van der Waals surface area contributed by atoms with Crippen LogP contribution in [-0.2, 0) is 14.3 Å². The van der Waals surface area contributed by atoms with Crippen molar-refractivity contribution in [2.45, 2.75) is 25.9 Å². The molecule has 0 aliphatic carbocycles. The molecule has 94 valence electrons. The van der Waals surface area contributed by atoms with Crippen molar-refractivity contribution in [1.29, 1.82) is 0 Å². The van der Waals surface area contributed by atoms with Gasteiger partial charge in [0.25, 0.3) is 0 Å². The summed E-state index contributed by atoms with van der Waals surface area (Å²) in [7, 11) is 0. The Kier molecular flexibility index (Phi) is 6.76. The van der Waals surface area contributed by atoms with Gasteiger partial charge in [-0.25, -0.2) is 0 Å². The van der Waals surface area contributed by atoms with Crippen LogP contribution in [0.4, 0.5) is 0 Å². The van der Waals surface area contributed by atoms with Gasteiger partial charge in [0.2, 0.25) is 0 Å². The van der Waals surface area contributed by atoms with Crippen LogP contribution in [0.1, 0.15) is 19.8 Å². The van der Waals surface area contributed by atoms with E-state index >= 15 is 0 Å². The zero-order chi connectivity index (χ0) is 11.8. The van der Waals surface area contributed by atoms with Gasteiger partial charge in [0.15, 0.2) is 0 Å². The molecule has 0 N–H and O–H groups in total. The van der Waals surface area contributed by atoms with Gasteiger partial charge in [-0.2, -0.15) is 0 Å². The van der Waals surface area contributed by atoms with Gasteiger partial charge >= 0.3 is 5.97 Å². The van der Waals surface area contributed by atoms with E-state index in [0.717, 1.165) is 26.1 Å². The van der Waals surface area contributed by atoms with Crippen LogP contribution in [-0.4, -0.2) is 55.7 Å². The molecule has 0 unspecified atom stereocenters. The van der Waals surface area contributed by atoms with Crippen LogP contribution < -0.4 is 0 Å². The lowest BCUT2D eigenvalue weighted by atomic mass is 10.2. The molecule has 0 radical (unpaired) electrons. The third-order valence-corrected chi connectivity index (χ3v) is 2.82. The van der Waals surface area contributed by atoms with Crippen LogP contribution >= 0.6 is 11.6 Å². The smallest absolute Gasteiger partial charge is 0.305 e. The van der Waals surface area contributed by atoms with Crippen LogP contribution in [0.5, 0.6) is 0 Å². The second kappa shape index (κ2) is 7.87. The monoisotopic (exact) mass is 249 g/mol. The van der Waals surface area contributed by atoms with Gasteiger partial charge in [-0.3, -0.25) is 9.69 Å². The molecule has 1 rings (SSSR count). The number of hydrogen-bond acceptors (Lipinski definition) is 4. The Labute approximate surface area is 102 Å². The average molecular weight is 250 g/mol. The highest BCUT2D eigenvalue weighted by Crippen LogP contribution is 2.07. The van der Waals surface area contributed by atoms with E-state index in [9.17, 15) is 4.79 Å². The van der Waals surface area contributed by atoms with Gasteiger partial charge in [0.05, 0.1) is 6.61 Å². The normalized spacial score (nSPS) is 22.0. The van der Waals surface area contributed by atoms with Crippen LogP contribution in [0.3, 0.4) is 0 Å². The fourth-order valence-electron chi connectivity index (χ4n) is 1.66. The standard InChI is InChI=1S/C11H20ClNO3/c1-2-11(14)16-9-10-8-13(5-3-4-12)6-7-15-10/h10H,2-9H2,1H3/t10-/m0/s1. The number of carbonyl (C=O) groups excluding carboxylic acids is 1. The van der Waals surface area contributed by atoms with E-state index in [-0.39, 0.29) is 12.1 Å². The Morgan fingerprint density at radius 3 is 3.12 bits per heavy atom. The highest BCUT2D eigenvalue weighted by atomic mass is 35.5. The lowest BCUT2D eigenvalue weighted by Gasteiger charge is -2.32. The fraction of sp³-hybridized carbons (Fsp3) is 0.909. The molecule has 1 aliphatic rings. The number of carbonyl (C=O) groups is 1. The zero-order valence-corrected chi connectivity index (χ0v) is 10.5. The number of esters is 1. The molecule has 1 saturated heterocycles. The van der Waals surface area contributed by atoms with Gasteiger partial charge in [-0.15, -0.1) is 11.6 Å². The first-order valence-corrected chi connectivity index (χ1v) is 6.35. The Morgan fingerprint density at radius 1 is 1.62 bits per heavy atom. The van der Waals surface area contributed by atoms with Crippen molar-refractivity contribution in [3.8, 4) is 0 Å². The molecule has 0 aromatic carbocycles. The average Bonchev–Trinajstić information content (AvgIpc) is 2.34. The molecule has 0 aromatic heterocycles. The molecule has 1 heterocycles. The summed E-state index contributed by atoms with van der Waals surface area (Å²) in [5.41, 5.74) is 0. The Balaban J connectivity index is 2.19. The highest BCUT2D eigenvalue weighted by molar-refractivity contribution is 6.17. The Bertz CT molecular complexity index is 213. The van der Waals surface area contributed by atoms with Gasteiger partial charge in [-0.05, 0) is 13.0 Å². The Morgan fingerprint density at radius 2 is 2.44 bits per heavy atom. The third kappa shape index (κ3) is 5.14. The molecule has 4 nitrogen and oxygen atoms in total. The second-order valence-corrected chi connectivity index (χ2v) is 4.25. The van der Waals surface area contributed by atoms with Crippen LogP contribution in [0.25, 0.3) is 0 Å². The summed E-state index contributed by atoms with van der Waals surface area (Å²) in [4.78, 5) is 13.3. The van der Waals surface area contributed by atoms with Crippen molar-refractivity contribution in [3.63, 3.8) is 0 Å². The molecule has 1 fully saturated rings. The van der Waals surface area contributed by atoms with Gasteiger partial charge in [0.1, 0.15) is 12.7 Å². The number of rotatable bonds is 6. The second-order valence-electron chi connectivity index (χ2n) is 3.87. The maximum atomic E-state index is 11.0. The van der Waals surface area contributed by atoms with Gasteiger partial charge < -0.3 is 9.47 Å². The predicted molar refractivity (Wildman–Crippen MR) is 62.8 cm³/mol. The molecule has 0 saturated carbocycles. The van der Waals surface area contributed by atoms with Crippen LogP contribution in [0.2, 0.25) is 0 Å². The molecule has 0 amide bonds. The molecule has 1 atom stereocenters. The first kappa shape index (κ1) is 13.7. The summed E-state index contributed by atoms with van der Waals surface area (Å²) >= 11 is 5.65. The minimum atomic E-state index is -0.165. The molecule has 0 aromatic rings. The molecule has 5 heteroatoms. The summed E-state index contributed by atoms with van der Waals surface area (Å²) in [5, 5.41) is 0. The largest absolute Gasteiger partial charge is 0.463 e. The molecule has 0 spiro atoms. The van der Waals surface area contributed by atoms with Gasteiger partial charge in [-0.1, -0.05) is 6.92 Å². The number of ether oxygens (including phenoxy) is 2. The summed E-state index contributed by atoms with van der Waals surface area (Å²) in [6.45, 7) is 5.62. The van der Waals surface area contributed by atoms with Crippen LogP contribution in [0.15, 0.2) is 0 Å². The summed E-state index contributed by atoms with van der Waals surface area (Å²) in [6.07, 6.45) is 1.42. The number of nitrogens with zero attached hydrogens (tertiary/aromatic N) is 1. The van der Waals surface area contributed by atoms with Crippen molar-refractivity contribution < 1.29 is 14.3 Å². The summed E-state index contributed by atoms with van der Waals surface area (Å²) < 4.78 is 10.6. The first-order valence-electron chi connectivity index (χ1n) is 5.81. The number of morpholine rings is 1. The lowest BCUT2D eigenvalue weighted by Crippen LogP contribution is -2.45. The van der Waals surface area contributed by atoms with E-state index in [1.807, 2.05) is 0 Å². The zero-order valence-electron chi connectivity index (χ0n) is 9.78. The fourth-order valence-corrected chi connectivity index (χ4v) is 1.78. The van der Waals surface area contributed by atoms with E-state index in [4.69, 9.17) is 21.1 Å². The molecular formula is C11H20ClNO3. The van der Waals surface area contributed by atoms with Crippen LogP contribution in [0, 0.1) is 0 Å². The molecule has 1 aliphatic heterocycles. The molecule has 16 heavy (non-hydrogen) atoms. The first-order chi connectivity index (χ1) is 7.76. The third-order valence-electron chi connectivity index (χ3n) is 2.55. The van der Waals surface area contributed by atoms with E-state index in [2.05, 4.69) is 4.90 Å². The number of hydrogen-bond donors (Lipinski definition) is 0. The Hall–Kier alpha value is -0.320. The highest BCUT2D eigenvalue weighted by Gasteiger charge is 2.21.